The Bertz CT molecular complexity index is 1040. The predicted molar refractivity (Wildman–Crippen MR) is 92.0 cm³/mol. The minimum atomic E-state index is -0.348. The van der Waals surface area contributed by atoms with Gasteiger partial charge in [-0.2, -0.15) is 5.26 Å². The maximum atomic E-state index is 12.4. The van der Waals surface area contributed by atoms with Gasteiger partial charge in [-0.25, -0.2) is 0 Å². The van der Waals surface area contributed by atoms with Gasteiger partial charge >= 0.3 is 0 Å². The summed E-state index contributed by atoms with van der Waals surface area (Å²) in [6, 6.07) is 17.5. The fraction of sp³-hybridized carbons (Fsp3) is 0.100. The molecule has 3 aromatic rings. The van der Waals surface area contributed by atoms with E-state index >= 15 is 0 Å². The van der Waals surface area contributed by atoms with Crippen LogP contribution in [0.15, 0.2) is 53.3 Å². The number of benzene rings is 2. The number of nitriles is 1. The number of aromatic amines is 1. The van der Waals surface area contributed by atoms with Crippen LogP contribution in [0.3, 0.4) is 0 Å². The second-order valence-electron chi connectivity index (χ2n) is 5.73. The first-order valence-electron chi connectivity index (χ1n) is 7.65. The van der Waals surface area contributed by atoms with Crippen molar-refractivity contribution in [2.75, 3.05) is 7.11 Å². The number of methoxy groups -OCH3 is 1. The van der Waals surface area contributed by atoms with E-state index in [0.717, 1.165) is 39.3 Å². The fourth-order valence-corrected chi connectivity index (χ4v) is 3.34. The molecule has 1 aliphatic carbocycles. The van der Waals surface area contributed by atoms with Crippen molar-refractivity contribution >= 4 is 0 Å². The Morgan fingerprint density at radius 2 is 1.88 bits per heavy atom. The highest BCUT2D eigenvalue weighted by Gasteiger charge is 2.26. The van der Waals surface area contributed by atoms with E-state index in [-0.39, 0.29) is 11.1 Å². The maximum Gasteiger partial charge on any atom is 0.266 e. The molecule has 4 nitrogen and oxygen atoms in total. The lowest BCUT2D eigenvalue weighted by atomic mass is 9.94. The van der Waals surface area contributed by atoms with Crippen molar-refractivity contribution in [2.24, 2.45) is 0 Å². The Morgan fingerprint density at radius 1 is 1.12 bits per heavy atom. The average Bonchev–Trinajstić information content (AvgIpc) is 2.99. The Hall–Kier alpha value is -3.32. The van der Waals surface area contributed by atoms with Gasteiger partial charge in [-0.3, -0.25) is 4.79 Å². The second-order valence-corrected chi connectivity index (χ2v) is 5.73. The van der Waals surface area contributed by atoms with Gasteiger partial charge in [0.15, 0.2) is 0 Å². The summed E-state index contributed by atoms with van der Waals surface area (Å²) in [5, 5.41) is 9.51. The predicted octanol–water partition coefficient (Wildman–Crippen LogP) is 3.49. The molecule has 0 radical (unpaired) electrons. The molecule has 4 heteroatoms. The minimum absolute atomic E-state index is 0.159. The lowest BCUT2D eigenvalue weighted by Crippen LogP contribution is -2.14. The van der Waals surface area contributed by atoms with E-state index in [0.29, 0.717) is 6.42 Å². The highest BCUT2D eigenvalue weighted by molar-refractivity contribution is 5.85. The molecule has 0 saturated heterocycles. The van der Waals surface area contributed by atoms with Crippen molar-refractivity contribution in [3.05, 3.63) is 75.6 Å². The van der Waals surface area contributed by atoms with Crippen molar-refractivity contribution in [3.63, 3.8) is 0 Å². The molecule has 0 unspecified atom stereocenters. The maximum absolute atomic E-state index is 12.4. The van der Waals surface area contributed by atoms with Crippen LogP contribution in [-0.4, -0.2) is 12.1 Å². The lowest BCUT2D eigenvalue weighted by molar-refractivity contribution is 0.415. The summed E-state index contributed by atoms with van der Waals surface area (Å²) in [4.78, 5) is 15.3. The summed E-state index contributed by atoms with van der Waals surface area (Å²) < 4.78 is 5.20. The van der Waals surface area contributed by atoms with E-state index in [1.54, 1.807) is 7.11 Å². The van der Waals surface area contributed by atoms with E-state index in [2.05, 4.69) is 17.1 Å². The number of H-pyrrole nitrogens is 1. The van der Waals surface area contributed by atoms with E-state index in [1.807, 2.05) is 42.5 Å². The van der Waals surface area contributed by atoms with E-state index in [4.69, 9.17) is 4.74 Å². The Kier molecular flexibility index (Phi) is 3.21. The molecule has 1 aliphatic rings. The molecule has 0 atom stereocenters. The molecule has 2 aromatic carbocycles. The number of rotatable bonds is 2. The molecule has 0 aliphatic heterocycles. The van der Waals surface area contributed by atoms with Crippen LogP contribution >= 0.6 is 0 Å². The summed E-state index contributed by atoms with van der Waals surface area (Å²) in [6.07, 6.45) is 0.707. The highest BCUT2D eigenvalue weighted by atomic mass is 16.5. The largest absolute Gasteiger partial charge is 0.497 e. The zero-order valence-corrected chi connectivity index (χ0v) is 13.1. The molecule has 0 saturated carbocycles. The van der Waals surface area contributed by atoms with Crippen LogP contribution in [0, 0.1) is 11.3 Å². The summed E-state index contributed by atoms with van der Waals surface area (Å²) in [6.45, 7) is 0. The SMILES string of the molecule is COc1ccc(-c2c3c([nH]c(=O)c2C#N)-c2ccccc2C3)cc1. The highest BCUT2D eigenvalue weighted by Crippen LogP contribution is 2.40. The summed E-state index contributed by atoms with van der Waals surface area (Å²) in [5.41, 5.74) is 5.39. The Balaban J connectivity index is 2.02. The van der Waals surface area contributed by atoms with Crippen LogP contribution in [0.5, 0.6) is 5.75 Å². The van der Waals surface area contributed by atoms with Crippen molar-refractivity contribution in [1.82, 2.24) is 4.98 Å². The van der Waals surface area contributed by atoms with Gasteiger partial charge in [0.05, 0.1) is 12.8 Å². The van der Waals surface area contributed by atoms with Crippen molar-refractivity contribution in [3.8, 4) is 34.2 Å². The number of aromatic nitrogens is 1. The minimum Gasteiger partial charge on any atom is -0.497 e. The van der Waals surface area contributed by atoms with E-state index in [1.165, 1.54) is 0 Å². The van der Waals surface area contributed by atoms with Gasteiger partial charge in [0.2, 0.25) is 0 Å². The summed E-state index contributed by atoms with van der Waals surface area (Å²) in [5.74, 6) is 0.738. The Morgan fingerprint density at radius 3 is 2.58 bits per heavy atom. The quantitative estimate of drug-likeness (QED) is 0.616. The van der Waals surface area contributed by atoms with Crippen LogP contribution in [0.25, 0.3) is 22.4 Å². The number of ether oxygens (including phenoxy) is 1. The normalized spacial score (nSPS) is 11.5. The van der Waals surface area contributed by atoms with Crippen LogP contribution in [-0.2, 0) is 6.42 Å². The van der Waals surface area contributed by atoms with Gasteiger partial charge in [0, 0.05) is 17.5 Å². The number of pyridine rings is 1. The smallest absolute Gasteiger partial charge is 0.266 e. The van der Waals surface area contributed by atoms with Gasteiger partial charge in [0.1, 0.15) is 17.4 Å². The molecular weight excluding hydrogens is 300 g/mol. The first kappa shape index (κ1) is 14.3. The third-order valence-electron chi connectivity index (χ3n) is 4.46. The van der Waals surface area contributed by atoms with Crippen LogP contribution in [0.4, 0.5) is 0 Å². The molecule has 0 bridgehead atoms. The molecule has 0 spiro atoms. The third-order valence-corrected chi connectivity index (χ3v) is 4.46. The first-order chi connectivity index (χ1) is 11.7. The zero-order chi connectivity index (χ0) is 16.7. The molecule has 1 N–H and O–H groups in total. The van der Waals surface area contributed by atoms with Crippen molar-refractivity contribution in [1.29, 1.82) is 5.26 Å². The van der Waals surface area contributed by atoms with Gasteiger partial charge in [0.25, 0.3) is 5.56 Å². The van der Waals surface area contributed by atoms with Gasteiger partial charge in [-0.05, 0) is 28.8 Å². The molecule has 116 valence electrons. The van der Waals surface area contributed by atoms with Gasteiger partial charge in [-0.1, -0.05) is 36.4 Å². The Labute approximate surface area is 139 Å². The number of hydrogen-bond donors (Lipinski definition) is 1. The molecule has 0 amide bonds. The molecule has 1 heterocycles. The van der Waals surface area contributed by atoms with Crippen LogP contribution < -0.4 is 10.3 Å². The lowest BCUT2D eigenvalue weighted by Gasteiger charge is -2.11. The van der Waals surface area contributed by atoms with E-state index < -0.39 is 0 Å². The summed E-state index contributed by atoms with van der Waals surface area (Å²) in [7, 11) is 1.61. The molecule has 1 aromatic heterocycles. The fourth-order valence-electron chi connectivity index (χ4n) is 3.34. The number of nitrogens with zero attached hydrogens (tertiary/aromatic N) is 1. The summed E-state index contributed by atoms with van der Waals surface area (Å²) >= 11 is 0. The zero-order valence-electron chi connectivity index (χ0n) is 13.1. The molecular formula is C20H14N2O2. The van der Waals surface area contributed by atoms with Crippen molar-refractivity contribution < 1.29 is 4.74 Å². The average molecular weight is 314 g/mol. The topological polar surface area (TPSA) is 65.9 Å². The first-order valence-corrected chi connectivity index (χ1v) is 7.65. The number of nitrogens with one attached hydrogen (secondary N) is 1. The third kappa shape index (κ3) is 2.03. The molecule has 4 rings (SSSR count). The van der Waals surface area contributed by atoms with Crippen LogP contribution in [0.2, 0.25) is 0 Å². The monoisotopic (exact) mass is 314 g/mol. The number of hydrogen-bond acceptors (Lipinski definition) is 3. The van der Waals surface area contributed by atoms with Crippen LogP contribution in [0.1, 0.15) is 16.7 Å². The molecule has 0 fully saturated rings. The van der Waals surface area contributed by atoms with Crippen molar-refractivity contribution in [2.45, 2.75) is 6.42 Å². The standard InChI is InChI=1S/C20H14N2O2/c1-24-14-8-6-12(7-9-14)18-16-10-13-4-2-3-5-15(13)19(16)22-20(23)17(18)11-21/h2-9H,10H2,1H3,(H,22,23). The van der Waals surface area contributed by atoms with Gasteiger partial charge in [-0.15, -0.1) is 0 Å². The van der Waals surface area contributed by atoms with E-state index in [9.17, 15) is 10.1 Å². The second kappa shape index (κ2) is 5.39. The molecule has 24 heavy (non-hydrogen) atoms. The van der Waals surface area contributed by atoms with Gasteiger partial charge < -0.3 is 9.72 Å². The number of fused-ring (bicyclic) bond motifs is 3.